The number of hydrogen-bond acceptors (Lipinski definition) is 3. The zero-order valence-electron chi connectivity index (χ0n) is 10.5. The molecule has 1 amide bonds. The number of nitrogens with one attached hydrogen (secondary N) is 1. The number of nitrogens with zero attached hydrogens (tertiary/aromatic N) is 1. The first-order chi connectivity index (χ1) is 7.47. The van der Waals surface area contributed by atoms with Gasteiger partial charge >= 0.3 is 6.09 Å². The molecular formula is C12H22N2O2. The second kappa shape index (κ2) is 4.24. The number of likely N-dealkylation sites (tertiary alicyclic amines) is 1. The van der Waals surface area contributed by atoms with Gasteiger partial charge < -0.3 is 15.0 Å². The van der Waals surface area contributed by atoms with Gasteiger partial charge in [0.2, 0.25) is 0 Å². The molecule has 92 valence electrons. The lowest BCUT2D eigenvalue weighted by Crippen LogP contribution is -2.50. The van der Waals surface area contributed by atoms with E-state index in [-0.39, 0.29) is 6.09 Å². The van der Waals surface area contributed by atoms with Gasteiger partial charge in [0.15, 0.2) is 0 Å². The molecule has 1 N–H and O–H groups in total. The Morgan fingerprint density at radius 1 is 1.38 bits per heavy atom. The molecule has 2 saturated heterocycles. The maximum absolute atomic E-state index is 12.0. The zero-order valence-corrected chi connectivity index (χ0v) is 10.5. The Kier molecular flexibility index (Phi) is 3.10. The second-order valence-electron chi connectivity index (χ2n) is 5.80. The number of carbonyl (C=O) groups excluding carboxylic acids is 1. The lowest BCUT2D eigenvalue weighted by molar-refractivity contribution is 0.00663. The number of piperidine rings is 1. The smallest absolute Gasteiger partial charge is 0.410 e. The fourth-order valence-electron chi connectivity index (χ4n) is 2.62. The van der Waals surface area contributed by atoms with E-state index in [2.05, 4.69) is 5.32 Å². The van der Waals surface area contributed by atoms with E-state index in [0.29, 0.717) is 12.0 Å². The number of amides is 1. The molecule has 2 heterocycles. The Morgan fingerprint density at radius 2 is 2.12 bits per heavy atom. The average molecular weight is 226 g/mol. The highest BCUT2D eigenvalue weighted by atomic mass is 16.6. The van der Waals surface area contributed by atoms with Crippen LogP contribution in [0.2, 0.25) is 0 Å². The van der Waals surface area contributed by atoms with Gasteiger partial charge in [0, 0.05) is 19.6 Å². The molecule has 0 radical (unpaired) electrons. The number of carbonyl (C=O) groups is 1. The van der Waals surface area contributed by atoms with Crippen LogP contribution >= 0.6 is 0 Å². The van der Waals surface area contributed by atoms with Crippen molar-refractivity contribution in [2.24, 2.45) is 5.92 Å². The van der Waals surface area contributed by atoms with Crippen molar-refractivity contribution >= 4 is 6.09 Å². The molecule has 0 aromatic heterocycles. The Morgan fingerprint density at radius 3 is 2.81 bits per heavy atom. The molecule has 0 saturated carbocycles. The molecule has 0 spiro atoms. The molecule has 1 unspecified atom stereocenters. The summed E-state index contributed by atoms with van der Waals surface area (Å²) in [7, 11) is 0. The molecule has 4 heteroatoms. The van der Waals surface area contributed by atoms with E-state index < -0.39 is 5.60 Å². The Labute approximate surface area is 97.3 Å². The lowest BCUT2D eigenvalue weighted by Gasteiger charge is -2.37. The average Bonchev–Trinajstić information content (AvgIpc) is 2.61. The van der Waals surface area contributed by atoms with Crippen molar-refractivity contribution in [3.8, 4) is 0 Å². The monoisotopic (exact) mass is 226 g/mol. The minimum absolute atomic E-state index is 0.147. The number of fused-ring (bicyclic) bond motifs is 1. The van der Waals surface area contributed by atoms with E-state index in [1.165, 1.54) is 6.42 Å². The van der Waals surface area contributed by atoms with Crippen molar-refractivity contribution in [2.45, 2.75) is 45.3 Å². The van der Waals surface area contributed by atoms with Gasteiger partial charge in [-0.1, -0.05) is 0 Å². The highest BCUT2D eigenvalue weighted by molar-refractivity contribution is 5.68. The van der Waals surface area contributed by atoms with Crippen LogP contribution in [0.1, 0.15) is 33.6 Å². The molecule has 2 atom stereocenters. The number of ether oxygens (including phenoxy) is 1. The molecule has 0 aromatic rings. The summed E-state index contributed by atoms with van der Waals surface area (Å²) >= 11 is 0. The molecule has 2 rings (SSSR count). The van der Waals surface area contributed by atoms with Gasteiger partial charge in [-0.2, -0.15) is 0 Å². The maximum atomic E-state index is 12.0. The highest BCUT2D eigenvalue weighted by Crippen LogP contribution is 2.27. The highest BCUT2D eigenvalue weighted by Gasteiger charge is 2.38. The topological polar surface area (TPSA) is 41.6 Å². The van der Waals surface area contributed by atoms with Crippen molar-refractivity contribution < 1.29 is 9.53 Å². The summed E-state index contributed by atoms with van der Waals surface area (Å²) < 4.78 is 5.44. The summed E-state index contributed by atoms with van der Waals surface area (Å²) in [6, 6.07) is 0.351. The van der Waals surface area contributed by atoms with Crippen LogP contribution in [-0.2, 0) is 4.74 Å². The van der Waals surface area contributed by atoms with Crippen LogP contribution in [0.5, 0.6) is 0 Å². The molecule has 0 bridgehead atoms. The van der Waals surface area contributed by atoms with Gasteiger partial charge in [0.25, 0.3) is 0 Å². The standard InChI is InChI=1S/C12H22N2O2/c1-12(2,3)16-11(15)14-6-4-5-9-7-13-8-10(9)14/h9-10,13H,4-8H2,1-3H3/t9-,10?/m1/s1. The summed E-state index contributed by atoms with van der Waals surface area (Å²) in [6.07, 6.45) is 2.19. The van der Waals surface area contributed by atoms with E-state index in [1.54, 1.807) is 0 Å². The molecule has 2 fully saturated rings. The van der Waals surface area contributed by atoms with Crippen molar-refractivity contribution in [3.05, 3.63) is 0 Å². The van der Waals surface area contributed by atoms with Crippen molar-refractivity contribution in [1.82, 2.24) is 10.2 Å². The molecule has 2 aliphatic rings. The third kappa shape index (κ3) is 2.48. The van der Waals surface area contributed by atoms with Gasteiger partial charge in [-0.25, -0.2) is 4.79 Å². The van der Waals surface area contributed by atoms with Crippen LogP contribution in [0.3, 0.4) is 0 Å². The predicted molar refractivity (Wildman–Crippen MR) is 62.3 cm³/mol. The van der Waals surface area contributed by atoms with E-state index in [4.69, 9.17) is 4.74 Å². The van der Waals surface area contributed by atoms with Crippen molar-refractivity contribution in [2.75, 3.05) is 19.6 Å². The van der Waals surface area contributed by atoms with Crippen LogP contribution in [0.4, 0.5) is 4.79 Å². The molecule has 2 aliphatic heterocycles. The quantitative estimate of drug-likeness (QED) is 0.682. The van der Waals surface area contributed by atoms with Crippen molar-refractivity contribution in [3.63, 3.8) is 0 Å². The summed E-state index contributed by atoms with van der Waals surface area (Å²) in [6.45, 7) is 8.56. The van der Waals surface area contributed by atoms with E-state index in [1.807, 2.05) is 25.7 Å². The SMILES string of the molecule is CC(C)(C)OC(=O)N1CCC[C@@H]2CNCC21. The first-order valence-corrected chi connectivity index (χ1v) is 6.18. The zero-order chi connectivity index (χ0) is 11.8. The van der Waals surface area contributed by atoms with Crippen molar-refractivity contribution in [1.29, 1.82) is 0 Å². The first kappa shape index (κ1) is 11.7. The summed E-state index contributed by atoms with van der Waals surface area (Å²) in [5, 5.41) is 3.36. The van der Waals surface area contributed by atoms with Crippen LogP contribution in [0.15, 0.2) is 0 Å². The molecule has 16 heavy (non-hydrogen) atoms. The molecule has 0 aromatic carbocycles. The van der Waals surface area contributed by atoms with Gasteiger partial charge in [-0.05, 0) is 39.5 Å². The lowest BCUT2D eigenvalue weighted by atomic mass is 9.92. The fraction of sp³-hybridized carbons (Fsp3) is 0.917. The van der Waals surface area contributed by atoms with Crippen LogP contribution in [-0.4, -0.2) is 42.3 Å². The third-order valence-corrected chi connectivity index (χ3v) is 3.31. The number of rotatable bonds is 0. The fourth-order valence-corrected chi connectivity index (χ4v) is 2.62. The van der Waals surface area contributed by atoms with Gasteiger partial charge in [-0.15, -0.1) is 0 Å². The van der Waals surface area contributed by atoms with Crippen LogP contribution in [0.25, 0.3) is 0 Å². The van der Waals surface area contributed by atoms with E-state index in [9.17, 15) is 4.79 Å². The Balaban J connectivity index is 2.00. The van der Waals surface area contributed by atoms with E-state index >= 15 is 0 Å². The number of hydrogen-bond donors (Lipinski definition) is 1. The Bertz CT molecular complexity index is 273. The largest absolute Gasteiger partial charge is 0.444 e. The molecular weight excluding hydrogens is 204 g/mol. The van der Waals surface area contributed by atoms with Gasteiger partial charge in [0.05, 0.1) is 6.04 Å². The predicted octanol–water partition coefficient (Wildman–Crippen LogP) is 1.61. The van der Waals surface area contributed by atoms with Crippen LogP contribution < -0.4 is 5.32 Å². The summed E-state index contributed by atoms with van der Waals surface area (Å²) in [5.41, 5.74) is -0.393. The summed E-state index contributed by atoms with van der Waals surface area (Å²) in [5.74, 6) is 0.626. The molecule has 0 aliphatic carbocycles. The maximum Gasteiger partial charge on any atom is 0.410 e. The summed E-state index contributed by atoms with van der Waals surface area (Å²) in [4.78, 5) is 13.9. The second-order valence-corrected chi connectivity index (χ2v) is 5.80. The van der Waals surface area contributed by atoms with Gasteiger partial charge in [0.1, 0.15) is 5.60 Å². The third-order valence-electron chi connectivity index (χ3n) is 3.31. The van der Waals surface area contributed by atoms with Crippen LogP contribution in [0, 0.1) is 5.92 Å². The minimum Gasteiger partial charge on any atom is -0.444 e. The normalized spacial score (nSPS) is 30.1. The minimum atomic E-state index is -0.393. The van der Waals surface area contributed by atoms with Gasteiger partial charge in [-0.3, -0.25) is 0 Å². The first-order valence-electron chi connectivity index (χ1n) is 6.18. The Hall–Kier alpha value is -0.770. The molecule has 4 nitrogen and oxygen atoms in total. The van der Waals surface area contributed by atoms with E-state index in [0.717, 1.165) is 26.1 Å².